The highest BCUT2D eigenvalue weighted by atomic mass is 35.5. The summed E-state index contributed by atoms with van der Waals surface area (Å²) >= 11 is 6.00. The molecule has 0 aliphatic carbocycles. The van der Waals surface area contributed by atoms with Crippen LogP contribution in [0.25, 0.3) is 0 Å². The zero-order valence-electron chi connectivity index (χ0n) is 15.7. The molecule has 0 atom stereocenters. The Kier molecular flexibility index (Phi) is 6.53. The van der Waals surface area contributed by atoms with Gasteiger partial charge in [-0.25, -0.2) is 8.42 Å². The quantitative estimate of drug-likeness (QED) is 0.652. The van der Waals surface area contributed by atoms with E-state index in [1.54, 1.807) is 44.2 Å². The molecule has 2 rings (SSSR count). The summed E-state index contributed by atoms with van der Waals surface area (Å²) in [6.07, 6.45) is 0. The van der Waals surface area contributed by atoms with Crippen LogP contribution in [0.5, 0.6) is 11.5 Å². The number of nitrogens with zero attached hydrogens (tertiary/aromatic N) is 2. The molecule has 0 amide bonds. The van der Waals surface area contributed by atoms with Gasteiger partial charge in [-0.1, -0.05) is 23.2 Å². The first-order valence-corrected chi connectivity index (χ1v) is 10.2. The van der Waals surface area contributed by atoms with Gasteiger partial charge >= 0.3 is 0 Å². The predicted molar refractivity (Wildman–Crippen MR) is 106 cm³/mol. The molecule has 0 saturated carbocycles. The third kappa shape index (κ3) is 4.44. The lowest BCUT2D eigenvalue weighted by Crippen LogP contribution is -2.29. The third-order valence-corrected chi connectivity index (χ3v) is 6.41. The van der Waals surface area contributed by atoms with Crippen molar-refractivity contribution in [3.63, 3.8) is 0 Å². The number of ether oxygens (including phenoxy) is 1. The highest BCUT2D eigenvalue weighted by Gasteiger charge is 2.24. The van der Waals surface area contributed by atoms with Crippen molar-refractivity contribution in [3.8, 4) is 17.6 Å². The molecule has 27 heavy (non-hydrogen) atoms. The molecule has 0 fully saturated rings. The molecule has 0 aliphatic heterocycles. The van der Waals surface area contributed by atoms with E-state index < -0.39 is 10.0 Å². The lowest BCUT2D eigenvalue weighted by atomic mass is 10.2. The number of allylic oxidation sites excluding steroid dienone is 2. The molecule has 0 aliphatic rings. The molecule has 0 N–H and O–H groups in total. The molecule has 0 radical (unpaired) electrons. The fourth-order valence-corrected chi connectivity index (χ4v) is 4.29. The number of hydrogen-bond donors (Lipinski definition) is 0. The molecule has 0 heterocycles. The number of halogens is 1. The summed E-state index contributed by atoms with van der Waals surface area (Å²) < 4.78 is 32.9. The Balaban J connectivity index is 2.34. The second kappa shape index (κ2) is 8.47. The Morgan fingerprint density at radius 2 is 1.78 bits per heavy atom. The van der Waals surface area contributed by atoms with Gasteiger partial charge < -0.3 is 4.74 Å². The molecule has 0 spiro atoms. The van der Waals surface area contributed by atoms with Crippen molar-refractivity contribution in [1.82, 2.24) is 4.31 Å². The lowest BCUT2D eigenvalue weighted by molar-refractivity contribution is 0.478. The van der Waals surface area contributed by atoms with E-state index in [2.05, 4.69) is 0 Å². The van der Waals surface area contributed by atoms with E-state index in [0.29, 0.717) is 28.8 Å². The first kappa shape index (κ1) is 20.8. The summed E-state index contributed by atoms with van der Waals surface area (Å²) in [5.74, 6) is 0.728. The van der Waals surface area contributed by atoms with Gasteiger partial charge in [-0.2, -0.15) is 5.26 Å². The van der Waals surface area contributed by atoms with Crippen LogP contribution in [-0.2, 0) is 10.0 Å². The van der Waals surface area contributed by atoms with Gasteiger partial charge in [0.1, 0.15) is 23.1 Å². The molecule has 142 valence electrons. The summed E-state index contributed by atoms with van der Waals surface area (Å²) in [5.41, 5.74) is 1.87. The average molecular weight is 405 g/mol. The monoisotopic (exact) mass is 404 g/mol. The van der Waals surface area contributed by atoms with Gasteiger partial charge in [-0.3, -0.25) is 4.31 Å². The van der Waals surface area contributed by atoms with Crippen molar-refractivity contribution in [2.75, 3.05) is 6.54 Å². The van der Waals surface area contributed by atoms with Crippen molar-refractivity contribution in [3.05, 3.63) is 64.3 Å². The van der Waals surface area contributed by atoms with Crippen LogP contribution in [0.2, 0.25) is 5.02 Å². The SMILES string of the molecule is CCN(C(C)=C(C)C)S(=O)(=O)c1ccc(Oc2cccc(Cl)c2C#N)cc1. The van der Waals surface area contributed by atoms with Crippen molar-refractivity contribution < 1.29 is 13.2 Å². The molecule has 2 aromatic rings. The Labute approximate surface area is 165 Å². The maximum absolute atomic E-state index is 12.9. The Hall–Kier alpha value is -2.49. The Bertz CT molecular complexity index is 1000. The Morgan fingerprint density at radius 1 is 1.15 bits per heavy atom. The normalized spacial score (nSPS) is 10.8. The highest BCUT2D eigenvalue weighted by molar-refractivity contribution is 7.89. The average Bonchev–Trinajstić information content (AvgIpc) is 2.62. The van der Waals surface area contributed by atoms with Crippen LogP contribution in [-0.4, -0.2) is 19.3 Å². The zero-order valence-corrected chi connectivity index (χ0v) is 17.2. The maximum Gasteiger partial charge on any atom is 0.264 e. The van der Waals surface area contributed by atoms with Gasteiger partial charge in [0.2, 0.25) is 0 Å². The molecule has 7 heteroatoms. The van der Waals surface area contributed by atoms with Crippen molar-refractivity contribution in [2.45, 2.75) is 32.6 Å². The van der Waals surface area contributed by atoms with Crippen LogP contribution in [0.3, 0.4) is 0 Å². The maximum atomic E-state index is 12.9. The predicted octanol–water partition coefficient (Wildman–Crippen LogP) is 5.33. The van der Waals surface area contributed by atoms with E-state index in [9.17, 15) is 13.7 Å². The molecular weight excluding hydrogens is 384 g/mol. The topological polar surface area (TPSA) is 70.4 Å². The van der Waals surface area contributed by atoms with Gasteiger partial charge in [0.15, 0.2) is 0 Å². The van der Waals surface area contributed by atoms with E-state index >= 15 is 0 Å². The van der Waals surface area contributed by atoms with E-state index in [-0.39, 0.29) is 10.5 Å². The molecule has 0 unspecified atom stereocenters. The van der Waals surface area contributed by atoms with Crippen LogP contribution in [0.15, 0.2) is 58.6 Å². The second-order valence-electron chi connectivity index (χ2n) is 6.05. The minimum atomic E-state index is -3.66. The number of benzene rings is 2. The van der Waals surface area contributed by atoms with Crippen LogP contribution >= 0.6 is 11.6 Å². The highest BCUT2D eigenvalue weighted by Crippen LogP contribution is 2.31. The fourth-order valence-electron chi connectivity index (χ4n) is 2.47. The first-order chi connectivity index (χ1) is 12.7. The van der Waals surface area contributed by atoms with E-state index in [1.165, 1.54) is 16.4 Å². The Morgan fingerprint density at radius 3 is 2.30 bits per heavy atom. The molecule has 0 saturated heterocycles. The zero-order chi connectivity index (χ0) is 20.2. The van der Waals surface area contributed by atoms with Gasteiger partial charge in [0.25, 0.3) is 10.0 Å². The third-order valence-electron chi connectivity index (χ3n) is 4.11. The fraction of sp³-hybridized carbons (Fsp3) is 0.250. The van der Waals surface area contributed by atoms with Gasteiger partial charge in [0.05, 0.1) is 9.92 Å². The van der Waals surface area contributed by atoms with Crippen molar-refractivity contribution >= 4 is 21.6 Å². The minimum absolute atomic E-state index is 0.170. The van der Waals surface area contributed by atoms with Crippen molar-refractivity contribution in [2.24, 2.45) is 0 Å². The smallest absolute Gasteiger partial charge is 0.264 e. The van der Waals surface area contributed by atoms with E-state index in [4.69, 9.17) is 16.3 Å². The molecule has 5 nitrogen and oxygen atoms in total. The number of sulfonamides is 1. The van der Waals surface area contributed by atoms with Crippen LogP contribution in [0.1, 0.15) is 33.3 Å². The van der Waals surface area contributed by atoms with E-state index in [1.807, 2.05) is 19.9 Å². The molecule has 0 aromatic heterocycles. The number of rotatable bonds is 6. The summed E-state index contributed by atoms with van der Waals surface area (Å²) in [5, 5.41) is 9.51. The summed E-state index contributed by atoms with van der Waals surface area (Å²) in [4.78, 5) is 0.170. The second-order valence-corrected chi connectivity index (χ2v) is 8.32. The molecule has 2 aromatic carbocycles. The lowest BCUT2D eigenvalue weighted by Gasteiger charge is -2.24. The van der Waals surface area contributed by atoms with Crippen LogP contribution < -0.4 is 4.74 Å². The number of nitriles is 1. The summed E-state index contributed by atoms with van der Waals surface area (Å²) in [6.45, 7) is 7.68. The summed E-state index contributed by atoms with van der Waals surface area (Å²) in [6, 6.07) is 13.0. The van der Waals surface area contributed by atoms with E-state index in [0.717, 1.165) is 5.57 Å². The largest absolute Gasteiger partial charge is 0.456 e. The van der Waals surface area contributed by atoms with Crippen LogP contribution in [0, 0.1) is 11.3 Å². The number of hydrogen-bond acceptors (Lipinski definition) is 4. The standard InChI is InChI=1S/C20H21ClN2O3S/c1-5-23(15(4)14(2)3)27(24,25)17-11-9-16(10-12-17)26-20-8-6-7-19(21)18(20)13-22/h6-12H,5H2,1-4H3. The molecular formula is C20H21ClN2O3S. The molecule has 0 bridgehead atoms. The van der Waals surface area contributed by atoms with Gasteiger partial charge in [0, 0.05) is 12.2 Å². The van der Waals surface area contributed by atoms with Gasteiger partial charge in [-0.05, 0) is 64.1 Å². The summed E-state index contributed by atoms with van der Waals surface area (Å²) in [7, 11) is -3.66. The van der Waals surface area contributed by atoms with Crippen molar-refractivity contribution in [1.29, 1.82) is 5.26 Å². The first-order valence-electron chi connectivity index (χ1n) is 8.35. The minimum Gasteiger partial charge on any atom is -0.456 e. The van der Waals surface area contributed by atoms with Crippen LogP contribution in [0.4, 0.5) is 0 Å². The van der Waals surface area contributed by atoms with Gasteiger partial charge in [-0.15, -0.1) is 0 Å².